The number of nitrogens with one attached hydrogen (secondary N) is 1. The SMILES string of the molecule is CN(C)c1ccc(C(=O)N[C@]2(c3ccccc3)CCN(Cc3ccccn3)C[C@H]2O)cn1. The van der Waals surface area contributed by atoms with Crippen LogP contribution in [0, 0.1) is 0 Å². The molecule has 0 bridgehead atoms. The normalized spacial score (nSPS) is 21.2. The van der Waals surface area contributed by atoms with Crippen LogP contribution in [0.5, 0.6) is 0 Å². The number of hydrogen-bond acceptors (Lipinski definition) is 6. The van der Waals surface area contributed by atoms with Crippen LogP contribution in [0.2, 0.25) is 0 Å². The molecule has 0 spiro atoms. The second kappa shape index (κ2) is 9.46. The van der Waals surface area contributed by atoms with Gasteiger partial charge in [-0.15, -0.1) is 0 Å². The molecule has 1 aliphatic heterocycles. The van der Waals surface area contributed by atoms with E-state index in [0.717, 1.165) is 23.6 Å². The van der Waals surface area contributed by atoms with E-state index in [1.54, 1.807) is 18.5 Å². The summed E-state index contributed by atoms with van der Waals surface area (Å²) in [6.07, 6.45) is 3.16. The standard InChI is InChI=1S/C25H29N5O2/c1-29(2)23-12-11-19(16-27-23)24(32)28-25(20-8-4-3-5-9-20)13-15-30(18-22(25)31)17-21-10-6-7-14-26-21/h3-12,14,16,22,31H,13,15,17-18H2,1-2H3,(H,28,32)/t22-,25+/m1/s1. The van der Waals surface area contributed by atoms with E-state index in [9.17, 15) is 9.90 Å². The minimum absolute atomic E-state index is 0.246. The molecule has 32 heavy (non-hydrogen) atoms. The van der Waals surface area contributed by atoms with Crippen molar-refractivity contribution in [2.75, 3.05) is 32.1 Å². The lowest BCUT2D eigenvalue weighted by Crippen LogP contribution is -2.61. The summed E-state index contributed by atoms with van der Waals surface area (Å²) in [6.45, 7) is 1.82. The van der Waals surface area contributed by atoms with Crippen molar-refractivity contribution in [3.05, 3.63) is 89.9 Å². The molecule has 3 heterocycles. The topological polar surface area (TPSA) is 81.6 Å². The van der Waals surface area contributed by atoms with Gasteiger partial charge >= 0.3 is 0 Å². The quantitative estimate of drug-likeness (QED) is 0.624. The van der Waals surface area contributed by atoms with Gasteiger partial charge in [0.2, 0.25) is 0 Å². The number of hydrogen-bond donors (Lipinski definition) is 2. The number of amides is 1. The minimum atomic E-state index is -0.876. The Kier molecular flexibility index (Phi) is 6.48. The summed E-state index contributed by atoms with van der Waals surface area (Å²) >= 11 is 0. The second-order valence-electron chi connectivity index (χ2n) is 8.41. The first-order valence-corrected chi connectivity index (χ1v) is 10.8. The Morgan fingerprint density at radius 3 is 2.53 bits per heavy atom. The Morgan fingerprint density at radius 1 is 1.12 bits per heavy atom. The molecule has 2 atom stereocenters. The molecule has 1 fully saturated rings. The van der Waals surface area contributed by atoms with E-state index < -0.39 is 11.6 Å². The van der Waals surface area contributed by atoms with E-state index in [0.29, 0.717) is 25.1 Å². The fraction of sp³-hybridized carbons (Fsp3) is 0.320. The van der Waals surface area contributed by atoms with Crippen LogP contribution in [-0.4, -0.2) is 59.2 Å². The monoisotopic (exact) mass is 431 g/mol. The molecule has 4 rings (SSSR count). The Hall–Kier alpha value is -3.29. The molecule has 3 aromatic rings. The lowest BCUT2D eigenvalue weighted by atomic mass is 9.78. The minimum Gasteiger partial charge on any atom is -0.389 e. The number of carbonyl (C=O) groups excluding carboxylic acids is 1. The fourth-order valence-corrected chi connectivity index (χ4v) is 4.21. The van der Waals surface area contributed by atoms with Crippen LogP contribution in [0.4, 0.5) is 5.82 Å². The lowest BCUT2D eigenvalue weighted by molar-refractivity contribution is -0.0184. The van der Waals surface area contributed by atoms with Crippen molar-refractivity contribution in [2.45, 2.75) is 24.6 Å². The number of piperidine rings is 1. The highest BCUT2D eigenvalue weighted by molar-refractivity contribution is 5.94. The van der Waals surface area contributed by atoms with E-state index >= 15 is 0 Å². The van der Waals surface area contributed by atoms with Crippen molar-refractivity contribution in [1.29, 1.82) is 0 Å². The number of carbonyl (C=O) groups is 1. The smallest absolute Gasteiger partial charge is 0.253 e. The van der Waals surface area contributed by atoms with Crippen LogP contribution in [-0.2, 0) is 12.1 Å². The number of β-amino-alcohol motifs (C(OH)–C–C–N with tert-alkyl or cyclic N) is 1. The Morgan fingerprint density at radius 2 is 1.91 bits per heavy atom. The zero-order valence-electron chi connectivity index (χ0n) is 18.5. The molecule has 2 N–H and O–H groups in total. The van der Waals surface area contributed by atoms with Crippen molar-refractivity contribution in [3.8, 4) is 0 Å². The van der Waals surface area contributed by atoms with E-state index in [1.807, 2.05) is 73.6 Å². The first-order chi connectivity index (χ1) is 15.5. The molecule has 0 aliphatic carbocycles. The van der Waals surface area contributed by atoms with Crippen LogP contribution >= 0.6 is 0 Å². The maximum atomic E-state index is 13.2. The summed E-state index contributed by atoms with van der Waals surface area (Å²) in [5.74, 6) is 0.533. The number of aliphatic hydroxyl groups is 1. The highest BCUT2D eigenvalue weighted by atomic mass is 16.3. The summed E-state index contributed by atoms with van der Waals surface area (Å²) in [5, 5.41) is 14.5. The molecule has 7 nitrogen and oxygen atoms in total. The molecular weight excluding hydrogens is 402 g/mol. The average Bonchev–Trinajstić information content (AvgIpc) is 2.82. The highest BCUT2D eigenvalue weighted by Crippen LogP contribution is 2.34. The number of likely N-dealkylation sites (tertiary alicyclic amines) is 1. The first-order valence-electron chi connectivity index (χ1n) is 10.8. The van der Waals surface area contributed by atoms with E-state index in [4.69, 9.17) is 0 Å². The molecule has 7 heteroatoms. The van der Waals surface area contributed by atoms with Crippen LogP contribution in [0.15, 0.2) is 73.1 Å². The number of aliphatic hydroxyl groups excluding tert-OH is 1. The third-order valence-electron chi connectivity index (χ3n) is 6.03. The number of rotatable bonds is 6. The Labute approximate surface area is 188 Å². The maximum absolute atomic E-state index is 13.2. The molecule has 1 saturated heterocycles. The number of pyridine rings is 2. The van der Waals surface area contributed by atoms with E-state index in [2.05, 4.69) is 20.2 Å². The molecular formula is C25H29N5O2. The third kappa shape index (κ3) is 4.64. The molecule has 0 radical (unpaired) electrons. The van der Waals surface area contributed by atoms with Crippen molar-refractivity contribution >= 4 is 11.7 Å². The van der Waals surface area contributed by atoms with E-state index in [1.165, 1.54) is 0 Å². The number of anilines is 1. The van der Waals surface area contributed by atoms with Gasteiger partial charge < -0.3 is 15.3 Å². The predicted molar refractivity (Wildman–Crippen MR) is 124 cm³/mol. The average molecular weight is 432 g/mol. The predicted octanol–water partition coefficient (Wildman–Crippen LogP) is 2.43. The third-order valence-corrected chi connectivity index (χ3v) is 6.03. The lowest BCUT2D eigenvalue weighted by Gasteiger charge is -2.46. The van der Waals surface area contributed by atoms with Gasteiger partial charge in [-0.3, -0.25) is 14.7 Å². The Balaban J connectivity index is 1.56. The molecule has 1 aliphatic rings. The van der Waals surface area contributed by atoms with E-state index in [-0.39, 0.29) is 5.91 Å². The van der Waals surface area contributed by atoms with Crippen LogP contribution < -0.4 is 10.2 Å². The number of nitrogens with zero attached hydrogens (tertiary/aromatic N) is 4. The van der Waals surface area contributed by atoms with Crippen LogP contribution in [0.1, 0.15) is 28.0 Å². The molecule has 2 aromatic heterocycles. The first kappa shape index (κ1) is 21.9. The van der Waals surface area contributed by atoms with Gasteiger partial charge in [0, 0.05) is 46.1 Å². The summed E-state index contributed by atoms with van der Waals surface area (Å²) in [4.78, 5) is 26.0. The van der Waals surface area contributed by atoms with Gasteiger partial charge in [-0.05, 0) is 36.2 Å². The zero-order valence-corrected chi connectivity index (χ0v) is 18.5. The Bertz CT molecular complexity index is 1030. The number of aromatic nitrogens is 2. The maximum Gasteiger partial charge on any atom is 0.253 e. The molecule has 1 amide bonds. The highest BCUT2D eigenvalue weighted by Gasteiger charge is 2.45. The van der Waals surface area contributed by atoms with Crippen molar-refractivity contribution in [1.82, 2.24) is 20.2 Å². The van der Waals surface area contributed by atoms with Crippen molar-refractivity contribution in [2.24, 2.45) is 0 Å². The number of benzene rings is 1. The summed E-state index contributed by atoms with van der Waals surface area (Å²) in [6, 6.07) is 19.2. The van der Waals surface area contributed by atoms with Gasteiger partial charge in [-0.1, -0.05) is 36.4 Å². The summed E-state index contributed by atoms with van der Waals surface area (Å²) < 4.78 is 0. The van der Waals surface area contributed by atoms with Crippen LogP contribution in [0.25, 0.3) is 0 Å². The van der Waals surface area contributed by atoms with Gasteiger partial charge in [0.15, 0.2) is 0 Å². The second-order valence-corrected chi connectivity index (χ2v) is 8.41. The van der Waals surface area contributed by atoms with Crippen molar-refractivity contribution < 1.29 is 9.90 Å². The van der Waals surface area contributed by atoms with Gasteiger partial charge in [-0.25, -0.2) is 4.98 Å². The zero-order chi connectivity index (χ0) is 22.6. The molecule has 0 unspecified atom stereocenters. The van der Waals surface area contributed by atoms with Crippen molar-refractivity contribution in [3.63, 3.8) is 0 Å². The fourth-order valence-electron chi connectivity index (χ4n) is 4.21. The molecule has 166 valence electrons. The van der Waals surface area contributed by atoms with Gasteiger partial charge in [0.1, 0.15) is 5.82 Å². The van der Waals surface area contributed by atoms with Gasteiger partial charge in [-0.2, -0.15) is 0 Å². The largest absolute Gasteiger partial charge is 0.389 e. The van der Waals surface area contributed by atoms with Gasteiger partial charge in [0.05, 0.1) is 22.9 Å². The summed E-state index contributed by atoms with van der Waals surface area (Å²) in [7, 11) is 3.81. The van der Waals surface area contributed by atoms with Crippen LogP contribution in [0.3, 0.4) is 0 Å². The van der Waals surface area contributed by atoms with Gasteiger partial charge in [0.25, 0.3) is 5.91 Å². The summed E-state index contributed by atoms with van der Waals surface area (Å²) in [5.41, 5.74) is 1.45. The molecule has 1 aromatic carbocycles. The molecule has 0 saturated carbocycles.